The lowest BCUT2D eigenvalue weighted by Crippen LogP contribution is -2.55. The van der Waals surface area contributed by atoms with Gasteiger partial charge in [0.1, 0.15) is 11.1 Å². The number of rotatable bonds is 14. The summed E-state index contributed by atoms with van der Waals surface area (Å²) in [4.78, 5) is 24.5. The fourth-order valence-corrected chi connectivity index (χ4v) is 13.0. The van der Waals surface area contributed by atoms with E-state index in [2.05, 4.69) is 39.9 Å². The summed E-state index contributed by atoms with van der Waals surface area (Å²) < 4.78 is 10.6. The first-order valence-electron chi connectivity index (χ1n) is 20.8. The molecule has 9 atom stereocenters. The van der Waals surface area contributed by atoms with Crippen LogP contribution in [-0.2, 0) is 0 Å². The Hall–Kier alpha value is -2.78. The number of carbonyl (C=O) groups is 2. The highest BCUT2D eigenvalue weighted by molar-refractivity contribution is 6.33. The van der Waals surface area contributed by atoms with Crippen LogP contribution in [0.1, 0.15) is 144 Å². The number of nitrogens with one attached hydrogen (secondary N) is 1. The van der Waals surface area contributed by atoms with Gasteiger partial charge in [-0.05, 0) is 151 Å². The number of fused-ring (bicyclic) bond motifs is 5. The topological polar surface area (TPSA) is 140 Å². The molecule has 0 radical (unpaired) electrons. The lowest BCUT2D eigenvalue weighted by Gasteiger charge is -2.61. The molecule has 0 aliphatic heterocycles. The molecule has 0 spiro atoms. The van der Waals surface area contributed by atoms with Gasteiger partial charge in [-0.15, -0.1) is 0 Å². The van der Waals surface area contributed by atoms with Gasteiger partial charge in [-0.1, -0.05) is 83.2 Å². The third-order valence-corrected chi connectivity index (χ3v) is 15.7. The molecule has 0 bridgehead atoms. The maximum Gasteiger partial charge on any atom is 0.339 e. The number of aromatic carboxylic acids is 2. The van der Waals surface area contributed by atoms with Gasteiger partial charge in [0.15, 0.2) is 11.5 Å². The summed E-state index contributed by atoms with van der Waals surface area (Å²) in [5.41, 5.74) is 2.35. The van der Waals surface area contributed by atoms with Crippen molar-refractivity contribution in [3.05, 3.63) is 62.6 Å². The quantitative estimate of drug-likeness (QED) is 0.148. The Morgan fingerprint density at radius 2 is 1.39 bits per heavy atom. The van der Waals surface area contributed by atoms with Crippen LogP contribution in [0, 0.1) is 52.3 Å². The van der Waals surface area contributed by atoms with Gasteiger partial charge >= 0.3 is 11.9 Å². The number of hydrogen-bond acceptors (Lipinski definition) is 6. The van der Waals surface area contributed by atoms with Crippen LogP contribution in [-0.4, -0.2) is 49.0 Å². The van der Waals surface area contributed by atoms with Gasteiger partial charge in [0.05, 0.1) is 24.3 Å². The largest absolute Gasteiger partial charge is 0.494 e. The van der Waals surface area contributed by atoms with Gasteiger partial charge < -0.3 is 31.2 Å². The van der Waals surface area contributed by atoms with Crippen LogP contribution in [0.3, 0.4) is 0 Å². The minimum absolute atomic E-state index is 0. The lowest BCUT2D eigenvalue weighted by molar-refractivity contribution is -0.117. The third-order valence-electron chi connectivity index (χ3n) is 15.2. The van der Waals surface area contributed by atoms with Gasteiger partial charge in [0, 0.05) is 12.6 Å². The average molecular weight is 814 g/mol. The van der Waals surface area contributed by atoms with Crippen LogP contribution in [0.4, 0.5) is 0 Å². The Bertz CT molecular complexity index is 1710. The third kappa shape index (κ3) is 8.51. The Morgan fingerprint density at radius 3 is 1.95 bits per heavy atom. The normalized spacial score (nSPS) is 30.0. The molecule has 56 heavy (non-hydrogen) atoms. The molecule has 8 nitrogen and oxygen atoms in total. The maximum absolute atomic E-state index is 12.3. The van der Waals surface area contributed by atoms with Crippen LogP contribution in [0.2, 0.25) is 10.0 Å². The number of carboxylic acids is 2. The smallest absolute Gasteiger partial charge is 0.339 e. The van der Waals surface area contributed by atoms with Crippen molar-refractivity contribution in [2.45, 2.75) is 118 Å². The summed E-state index contributed by atoms with van der Waals surface area (Å²) in [6, 6.07) is 6.68. The molecule has 2 aromatic rings. The highest BCUT2D eigenvalue weighted by Crippen LogP contribution is 2.68. The first kappa shape index (κ1) is 44.3. The monoisotopic (exact) mass is 812 g/mol. The molecule has 4 saturated carbocycles. The van der Waals surface area contributed by atoms with Crippen molar-refractivity contribution in [1.29, 1.82) is 0 Å². The SMILES string of the molecule is COc1c(Cl)cc(C(=CCN[C@H]2CC[C@@]3(C)[C@@H](CC[C@@H]4[C@@H]3CC[C@]3(C)[C@@H]([C@H](C)CCCC(C)C)CC[C@@H]43)C2)c2cc(Cl)c(OC)c(C(=O)O)c2)cc1C(=O)O.N. The van der Waals surface area contributed by atoms with E-state index < -0.39 is 11.9 Å². The second-order valence-corrected chi connectivity index (χ2v) is 19.2. The van der Waals surface area contributed by atoms with Crippen molar-refractivity contribution in [2.24, 2.45) is 52.3 Å². The molecule has 0 heterocycles. The first-order valence-corrected chi connectivity index (χ1v) is 21.5. The summed E-state index contributed by atoms with van der Waals surface area (Å²) in [7, 11) is 2.76. The Balaban J connectivity index is 0.00000600. The van der Waals surface area contributed by atoms with E-state index in [4.69, 9.17) is 32.7 Å². The highest BCUT2D eigenvalue weighted by Gasteiger charge is 2.60. The first-order chi connectivity index (χ1) is 26.1. The summed E-state index contributed by atoms with van der Waals surface area (Å²) in [5, 5.41) is 24.1. The molecular formula is C46H66Cl2N2O6. The number of benzene rings is 2. The molecule has 0 aromatic heterocycles. The number of ether oxygens (including phenoxy) is 2. The molecule has 4 aliphatic rings. The van der Waals surface area contributed by atoms with Crippen molar-refractivity contribution in [1.82, 2.24) is 11.5 Å². The number of hydrogen-bond donors (Lipinski definition) is 4. The maximum atomic E-state index is 12.3. The Labute approximate surface area is 345 Å². The molecule has 6 N–H and O–H groups in total. The van der Waals surface area contributed by atoms with Crippen LogP contribution in [0.15, 0.2) is 30.3 Å². The second-order valence-electron chi connectivity index (χ2n) is 18.4. The van der Waals surface area contributed by atoms with Crippen LogP contribution < -0.4 is 20.9 Å². The standard InChI is InChI=1S/C46H63Cl2NO6.H3N/c1-26(2)9-8-10-27(3)36-13-14-37-33-12-11-30-25-31(15-18-45(30,4)38(33)16-19-46(36,37)5)49-20-17-32(28-21-34(43(50)51)41(54-6)39(47)23-28)29-22-35(44(52)53)42(55-7)40(48)24-29;/h17,21-24,26-27,30-31,33,36-38,49H,8-16,18-20,25H2,1-7H3,(H,50,51)(H,52,53);1H3/t27-,30+,31+,33+,36-,37+,38+,45+,46-;/m1./s1. The van der Waals surface area contributed by atoms with Gasteiger partial charge in [0.25, 0.3) is 0 Å². The average Bonchev–Trinajstić information content (AvgIpc) is 3.49. The summed E-state index contributed by atoms with van der Waals surface area (Å²) in [6.45, 7) is 13.1. The van der Waals surface area contributed by atoms with Crippen molar-refractivity contribution < 1.29 is 29.3 Å². The van der Waals surface area contributed by atoms with E-state index in [-0.39, 0.29) is 38.8 Å². The number of carboxylic acid groups (broad SMARTS) is 2. The van der Waals surface area contributed by atoms with E-state index in [0.717, 1.165) is 48.3 Å². The molecule has 0 saturated heterocycles. The van der Waals surface area contributed by atoms with E-state index in [0.29, 0.717) is 46.0 Å². The van der Waals surface area contributed by atoms with Crippen LogP contribution >= 0.6 is 23.2 Å². The van der Waals surface area contributed by atoms with Crippen molar-refractivity contribution >= 4 is 40.7 Å². The molecule has 2 aromatic carbocycles. The van der Waals surface area contributed by atoms with E-state index >= 15 is 0 Å². The zero-order valence-corrected chi connectivity index (χ0v) is 36.2. The number of halogens is 2. The fourth-order valence-electron chi connectivity index (χ4n) is 12.4. The molecular weight excluding hydrogens is 747 g/mol. The second kappa shape index (κ2) is 18.0. The summed E-state index contributed by atoms with van der Waals surface area (Å²) in [6.07, 6.45) is 17.9. The molecule has 4 aliphatic carbocycles. The van der Waals surface area contributed by atoms with Gasteiger partial charge in [-0.2, -0.15) is 0 Å². The Morgan fingerprint density at radius 1 is 0.821 bits per heavy atom. The van der Waals surface area contributed by atoms with Crippen molar-refractivity contribution in [3.63, 3.8) is 0 Å². The predicted octanol–water partition coefficient (Wildman–Crippen LogP) is 12.1. The molecule has 310 valence electrons. The fraction of sp³-hybridized carbons (Fsp3) is 0.652. The van der Waals surface area contributed by atoms with Crippen molar-refractivity contribution in [2.75, 3.05) is 20.8 Å². The van der Waals surface area contributed by atoms with E-state index in [1.54, 1.807) is 12.1 Å². The summed E-state index contributed by atoms with van der Waals surface area (Å²) in [5.74, 6) is 3.52. The predicted molar refractivity (Wildman–Crippen MR) is 227 cm³/mol. The lowest BCUT2D eigenvalue weighted by atomic mass is 9.44. The van der Waals surface area contributed by atoms with Gasteiger partial charge in [-0.3, -0.25) is 0 Å². The minimum Gasteiger partial charge on any atom is -0.494 e. The molecule has 0 amide bonds. The molecule has 10 heteroatoms. The van der Waals surface area contributed by atoms with E-state index in [1.165, 1.54) is 90.6 Å². The molecule has 6 rings (SSSR count). The van der Waals surface area contributed by atoms with Crippen molar-refractivity contribution in [3.8, 4) is 11.5 Å². The van der Waals surface area contributed by atoms with E-state index in [1.807, 2.05) is 6.08 Å². The summed E-state index contributed by atoms with van der Waals surface area (Å²) >= 11 is 13.1. The zero-order chi connectivity index (χ0) is 39.8. The van der Waals surface area contributed by atoms with Gasteiger partial charge in [-0.25, -0.2) is 9.59 Å². The van der Waals surface area contributed by atoms with Gasteiger partial charge in [0.2, 0.25) is 0 Å². The van der Waals surface area contributed by atoms with E-state index in [9.17, 15) is 19.8 Å². The van der Waals surface area contributed by atoms with Crippen LogP contribution in [0.25, 0.3) is 5.57 Å². The molecule has 0 unspecified atom stereocenters. The number of methoxy groups -OCH3 is 2. The highest BCUT2D eigenvalue weighted by atomic mass is 35.5. The Kier molecular flexibility index (Phi) is 14.3. The van der Waals surface area contributed by atoms with Crippen LogP contribution in [0.5, 0.6) is 11.5 Å². The minimum atomic E-state index is -1.18. The molecule has 4 fully saturated rings. The zero-order valence-electron chi connectivity index (χ0n) is 34.7.